The Morgan fingerprint density at radius 3 is 1.40 bits per heavy atom. The van der Waals surface area contributed by atoms with E-state index in [2.05, 4.69) is 4.89 Å². The van der Waals surface area contributed by atoms with E-state index >= 15 is 0 Å². The standard InChI is InChI=1S/CCl4.CH2O4/c2-1(3,4)5;2-1(3)5-4/h;4H,(H,2,3). The molecule has 0 aromatic heterocycles. The van der Waals surface area contributed by atoms with Crippen LogP contribution in [0.4, 0.5) is 4.79 Å². The van der Waals surface area contributed by atoms with Crippen LogP contribution < -0.4 is 0 Å². The summed E-state index contributed by atoms with van der Waals surface area (Å²) in [7, 11) is 0. The molecule has 0 atom stereocenters. The lowest BCUT2D eigenvalue weighted by Gasteiger charge is -1.91. The summed E-state index contributed by atoms with van der Waals surface area (Å²) in [6, 6.07) is 0. The van der Waals surface area contributed by atoms with Crippen molar-refractivity contribution in [3.05, 3.63) is 0 Å². The van der Waals surface area contributed by atoms with Crippen LogP contribution in [0.25, 0.3) is 0 Å². The van der Waals surface area contributed by atoms with Gasteiger partial charge in [-0.1, -0.05) is 46.4 Å². The number of halogens is 4. The zero-order chi connectivity index (χ0) is 8.78. The molecule has 10 heavy (non-hydrogen) atoms. The summed E-state index contributed by atoms with van der Waals surface area (Å²) >= 11 is 19.3. The van der Waals surface area contributed by atoms with E-state index in [0.717, 1.165) is 0 Å². The van der Waals surface area contributed by atoms with Gasteiger partial charge in [0, 0.05) is 0 Å². The summed E-state index contributed by atoms with van der Waals surface area (Å²) in [6.07, 6.45) is -1.69. The van der Waals surface area contributed by atoms with Crippen molar-refractivity contribution >= 4 is 52.6 Å². The monoisotopic (exact) mass is 230 g/mol. The number of hydrogen-bond donors (Lipinski definition) is 2. The number of carboxylic acid groups (broad SMARTS) is 1. The molecule has 62 valence electrons. The van der Waals surface area contributed by atoms with E-state index in [-0.39, 0.29) is 0 Å². The lowest BCUT2D eigenvalue weighted by atomic mass is 11.5. The summed E-state index contributed by atoms with van der Waals surface area (Å²) in [5.74, 6) is 0. The largest absolute Gasteiger partial charge is 0.537 e. The van der Waals surface area contributed by atoms with Crippen molar-refractivity contribution in [2.45, 2.75) is 3.25 Å². The highest BCUT2D eigenvalue weighted by Crippen LogP contribution is 2.29. The first-order chi connectivity index (χ1) is 4.27. The second-order valence-corrected chi connectivity index (χ2v) is 4.21. The first-order valence-corrected chi connectivity index (χ1v) is 3.08. The molecule has 0 bridgehead atoms. The van der Waals surface area contributed by atoms with E-state index < -0.39 is 9.41 Å². The molecule has 0 aliphatic carbocycles. The lowest BCUT2D eigenvalue weighted by molar-refractivity contribution is -0.194. The van der Waals surface area contributed by atoms with E-state index in [1.165, 1.54) is 0 Å². The molecule has 0 unspecified atom stereocenters. The van der Waals surface area contributed by atoms with Crippen LogP contribution in [0.1, 0.15) is 0 Å². The molecule has 0 heterocycles. The van der Waals surface area contributed by atoms with E-state index in [1.807, 2.05) is 0 Å². The Balaban J connectivity index is 0. The van der Waals surface area contributed by atoms with Gasteiger partial charge in [-0.2, -0.15) is 5.26 Å². The molecule has 0 radical (unpaired) electrons. The van der Waals surface area contributed by atoms with Crippen LogP contribution >= 0.6 is 46.4 Å². The maximum absolute atomic E-state index is 8.90. The van der Waals surface area contributed by atoms with Gasteiger partial charge in [-0.3, -0.25) is 4.89 Å². The number of carbonyl (C=O) groups is 1. The molecule has 0 aliphatic rings. The third kappa shape index (κ3) is 80.2. The third-order valence-electron chi connectivity index (χ3n) is 0.0781. The summed E-state index contributed by atoms with van der Waals surface area (Å²) < 4.78 is -1.61. The van der Waals surface area contributed by atoms with Crippen molar-refractivity contribution in [2.24, 2.45) is 0 Å². The Bertz CT molecular complexity index is 91.9. The first-order valence-electron chi connectivity index (χ1n) is 1.57. The molecule has 4 nitrogen and oxygen atoms in total. The van der Waals surface area contributed by atoms with Gasteiger partial charge in [0.15, 0.2) is 0 Å². The molecular weight excluding hydrogens is 230 g/mol. The SMILES string of the molecule is ClC(Cl)(Cl)Cl.O=C(O)OO. The molecule has 0 fully saturated rings. The fraction of sp³-hybridized carbons (Fsp3) is 0.500. The smallest absolute Gasteiger partial charge is 0.448 e. The third-order valence-corrected chi connectivity index (χ3v) is 0.0781. The predicted octanol–water partition coefficient (Wildman–Crippen LogP) is 2.71. The van der Waals surface area contributed by atoms with Gasteiger partial charge in [0.2, 0.25) is 0 Å². The Morgan fingerprint density at radius 1 is 1.30 bits per heavy atom. The van der Waals surface area contributed by atoms with E-state index in [4.69, 9.17) is 61.6 Å². The van der Waals surface area contributed by atoms with E-state index in [9.17, 15) is 0 Å². The average Bonchev–Trinajstić information content (AvgIpc) is 1.61. The maximum atomic E-state index is 8.90. The number of rotatable bonds is 0. The van der Waals surface area contributed by atoms with Crippen LogP contribution in [-0.4, -0.2) is 19.8 Å². The van der Waals surface area contributed by atoms with E-state index in [0.29, 0.717) is 0 Å². The van der Waals surface area contributed by atoms with Crippen molar-refractivity contribution in [3.8, 4) is 0 Å². The predicted molar refractivity (Wildman–Crippen MR) is 37.9 cm³/mol. The van der Waals surface area contributed by atoms with Gasteiger partial charge < -0.3 is 5.11 Å². The van der Waals surface area contributed by atoms with Gasteiger partial charge in [0.05, 0.1) is 0 Å². The van der Waals surface area contributed by atoms with Crippen LogP contribution in [0.3, 0.4) is 0 Å². The highest BCUT2D eigenvalue weighted by molar-refractivity contribution is 6.83. The van der Waals surface area contributed by atoms with E-state index in [1.54, 1.807) is 0 Å². The first kappa shape index (κ1) is 13.0. The molecular formula is C2H2Cl4O4. The molecule has 0 saturated carbocycles. The summed E-state index contributed by atoms with van der Waals surface area (Å²) in [5.41, 5.74) is 0. The van der Waals surface area contributed by atoms with Crippen LogP contribution in [0.5, 0.6) is 0 Å². The van der Waals surface area contributed by atoms with Crippen molar-refractivity contribution in [2.75, 3.05) is 0 Å². The van der Waals surface area contributed by atoms with Gasteiger partial charge >= 0.3 is 6.16 Å². The Hall–Kier alpha value is 0.390. The van der Waals surface area contributed by atoms with Crippen LogP contribution in [0, 0.1) is 0 Å². The average molecular weight is 232 g/mol. The van der Waals surface area contributed by atoms with Gasteiger partial charge in [-0.05, 0) is 0 Å². The summed E-state index contributed by atoms with van der Waals surface area (Å²) in [6.45, 7) is 0. The van der Waals surface area contributed by atoms with Crippen molar-refractivity contribution in [1.29, 1.82) is 0 Å². The summed E-state index contributed by atoms with van der Waals surface area (Å²) in [4.78, 5) is 11.6. The zero-order valence-corrected chi connectivity index (χ0v) is 7.25. The molecule has 0 spiro atoms. The number of hydrogen-bond acceptors (Lipinski definition) is 3. The minimum atomic E-state index is -1.69. The van der Waals surface area contributed by atoms with Gasteiger partial charge in [-0.25, -0.2) is 4.79 Å². The molecule has 0 amide bonds. The second-order valence-electron chi connectivity index (χ2n) is 0.786. The highest BCUT2D eigenvalue weighted by atomic mass is 35.6. The fourth-order valence-electron chi connectivity index (χ4n) is 0. The highest BCUT2D eigenvalue weighted by Gasteiger charge is 2.11. The minimum absolute atomic E-state index is 1.61. The molecule has 0 aromatic carbocycles. The van der Waals surface area contributed by atoms with Gasteiger partial charge in [0.25, 0.3) is 3.25 Å². The topological polar surface area (TPSA) is 66.8 Å². The van der Waals surface area contributed by atoms with Crippen molar-refractivity contribution in [1.82, 2.24) is 0 Å². The molecule has 0 saturated heterocycles. The van der Waals surface area contributed by atoms with Crippen LogP contribution in [0.15, 0.2) is 0 Å². The van der Waals surface area contributed by atoms with Crippen molar-refractivity contribution < 1.29 is 20.0 Å². The Kier molecular flexibility index (Phi) is 7.97. The summed E-state index contributed by atoms with van der Waals surface area (Å²) in [5, 5.41) is 14.3. The zero-order valence-electron chi connectivity index (χ0n) is 4.22. The quantitative estimate of drug-likeness (QED) is 0.382. The van der Waals surface area contributed by atoms with Gasteiger partial charge in [-0.15, -0.1) is 0 Å². The Morgan fingerprint density at radius 2 is 1.40 bits per heavy atom. The lowest BCUT2D eigenvalue weighted by Crippen LogP contribution is -1.91. The molecule has 0 aliphatic heterocycles. The molecule has 0 aromatic rings. The molecule has 0 rings (SSSR count). The Labute approximate surface area is 76.1 Å². The number of alkyl halides is 4. The maximum Gasteiger partial charge on any atom is 0.537 e. The normalized spacial score (nSPS) is 9.30. The minimum Gasteiger partial charge on any atom is -0.448 e. The van der Waals surface area contributed by atoms with Gasteiger partial charge in [0.1, 0.15) is 0 Å². The molecule has 8 heteroatoms. The second kappa shape index (κ2) is 6.12. The van der Waals surface area contributed by atoms with Crippen molar-refractivity contribution in [3.63, 3.8) is 0 Å². The van der Waals surface area contributed by atoms with Crippen LogP contribution in [-0.2, 0) is 4.89 Å². The van der Waals surface area contributed by atoms with Crippen LogP contribution in [0.2, 0.25) is 0 Å². The fourth-order valence-corrected chi connectivity index (χ4v) is 0. The molecule has 2 N–H and O–H groups in total.